The summed E-state index contributed by atoms with van der Waals surface area (Å²) in [6, 6.07) is 0. The second-order valence-corrected chi connectivity index (χ2v) is 2.47. The molecule has 0 aromatic rings. The molecule has 0 saturated carbocycles. The molecular formula is C7H14N2O4. The van der Waals surface area contributed by atoms with Crippen molar-refractivity contribution >= 4 is 12.4 Å². The number of nitrogens with zero attached hydrogens (tertiary/aromatic N) is 1. The van der Waals surface area contributed by atoms with E-state index in [1.807, 2.05) is 0 Å². The lowest BCUT2D eigenvalue weighted by Gasteiger charge is -2.18. The second kappa shape index (κ2) is 7.51. The van der Waals surface area contributed by atoms with Crippen molar-refractivity contribution in [3.05, 3.63) is 0 Å². The predicted octanol–water partition coefficient (Wildman–Crippen LogP) is -1.89. The van der Waals surface area contributed by atoms with Crippen LogP contribution in [0.5, 0.6) is 0 Å². The van der Waals surface area contributed by atoms with E-state index in [0.29, 0.717) is 26.0 Å². The van der Waals surface area contributed by atoms with E-state index in [0.717, 1.165) is 0 Å². The third kappa shape index (κ3) is 7.23. The summed E-state index contributed by atoms with van der Waals surface area (Å²) in [5.41, 5.74) is 0. The van der Waals surface area contributed by atoms with Crippen LogP contribution in [0, 0.1) is 0 Å². The molecule has 0 aromatic carbocycles. The molecule has 13 heavy (non-hydrogen) atoms. The highest BCUT2D eigenvalue weighted by molar-refractivity contribution is 5.69. The summed E-state index contributed by atoms with van der Waals surface area (Å²) < 4.78 is 0. The molecule has 6 heteroatoms. The van der Waals surface area contributed by atoms with Crippen LogP contribution in [0.4, 0.5) is 0 Å². The molecule has 0 atom stereocenters. The summed E-state index contributed by atoms with van der Waals surface area (Å²) >= 11 is 0. The third-order valence-corrected chi connectivity index (χ3v) is 1.43. The SMILES string of the molecule is O=CNCCN(CCO)CC(=O)O. The van der Waals surface area contributed by atoms with Gasteiger partial charge in [0.25, 0.3) is 0 Å². The summed E-state index contributed by atoms with van der Waals surface area (Å²) in [7, 11) is 0. The zero-order valence-electron chi connectivity index (χ0n) is 7.27. The minimum atomic E-state index is -0.945. The fourth-order valence-corrected chi connectivity index (χ4v) is 0.884. The molecule has 0 saturated heterocycles. The minimum absolute atomic E-state index is 0.0889. The van der Waals surface area contributed by atoms with Gasteiger partial charge >= 0.3 is 5.97 Å². The number of carbonyl (C=O) groups is 2. The maximum atomic E-state index is 10.3. The normalized spacial score (nSPS) is 10.0. The first-order valence-electron chi connectivity index (χ1n) is 3.92. The van der Waals surface area contributed by atoms with Crippen LogP contribution in [0.3, 0.4) is 0 Å². The Labute approximate surface area is 76.2 Å². The quantitative estimate of drug-likeness (QED) is 0.307. The van der Waals surface area contributed by atoms with Crippen molar-refractivity contribution in [2.24, 2.45) is 0 Å². The summed E-state index contributed by atoms with van der Waals surface area (Å²) in [5.74, 6) is -0.945. The molecule has 0 radical (unpaired) electrons. The smallest absolute Gasteiger partial charge is 0.317 e. The molecule has 0 unspecified atom stereocenters. The highest BCUT2D eigenvalue weighted by atomic mass is 16.4. The molecule has 0 fully saturated rings. The van der Waals surface area contributed by atoms with Crippen LogP contribution in [0.25, 0.3) is 0 Å². The molecule has 76 valence electrons. The van der Waals surface area contributed by atoms with Crippen molar-refractivity contribution in [1.29, 1.82) is 0 Å². The summed E-state index contributed by atoms with van der Waals surface area (Å²) in [4.78, 5) is 21.7. The lowest BCUT2D eigenvalue weighted by Crippen LogP contribution is -2.37. The van der Waals surface area contributed by atoms with Crippen molar-refractivity contribution in [3.63, 3.8) is 0 Å². The Hall–Kier alpha value is -1.14. The van der Waals surface area contributed by atoms with Gasteiger partial charge in [0.1, 0.15) is 0 Å². The molecule has 1 amide bonds. The van der Waals surface area contributed by atoms with E-state index in [9.17, 15) is 9.59 Å². The monoisotopic (exact) mass is 190 g/mol. The van der Waals surface area contributed by atoms with E-state index in [1.54, 1.807) is 4.90 Å². The Morgan fingerprint density at radius 1 is 1.46 bits per heavy atom. The molecule has 0 rings (SSSR count). The van der Waals surface area contributed by atoms with Gasteiger partial charge in [0.15, 0.2) is 0 Å². The van der Waals surface area contributed by atoms with Gasteiger partial charge in [-0.05, 0) is 0 Å². The minimum Gasteiger partial charge on any atom is -0.480 e. The van der Waals surface area contributed by atoms with Gasteiger partial charge < -0.3 is 15.5 Å². The van der Waals surface area contributed by atoms with Gasteiger partial charge in [0.05, 0.1) is 13.2 Å². The van der Waals surface area contributed by atoms with Crippen LogP contribution in [0.15, 0.2) is 0 Å². The lowest BCUT2D eigenvalue weighted by atomic mass is 10.4. The van der Waals surface area contributed by atoms with Crippen molar-refractivity contribution in [1.82, 2.24) is 10.2 Å². The fourth-order valence-electron chi connectivity index (χ4n) is 0.884. The first kappa shape index (κ1) is 11.9. The Balaban J connectivity index is 3.65. The second-order valence-electron chi connectivity index (χ2n) is 2.47. The van der Waals surface area contributed by atoms with E-state index in [2.05, 4.69) is 5.32 Å². The third-order valence-electron chi connectivity index (χ3n) is 1.43. The van der Waals surface area contributed by atoms with E-state index in [-0.39, 0.29) is 13.2 Å². The van der Waals surface area contributed by atoms with Crippen molar-refractivity contribution in [3.8, 4) is 0 Å². The molecule has 0 aliphatic rings. The number of hydrogen-bond acceptors (Lipinski definition) is 4. The molecule has 0 heterocycles. The van der Waals surface area contributed by atoms with E-state index in [1.165, 1.54) is 0 Å². The predicted molar refractivity (Wildman–Crippen MR) is 45.2 cm³/mol. The van der Waals surface area contributed by atoms with Crippen LogP contribution in [0.1, 0.15) is 0 Å². The van der Waals surface area contributed by atoms with Gasteiger partial charge in [0.2, 0.25) is 6.41 Å². The largest absolute Gasteiger partial charge is 0.480 e. The molecular weight excluding hydrogens is 176 g/mol. The summed E-state index contributed by atoms with van der Waals surface area (Å²) in [6.45, 7) is 0.894. The number of carboxylic acids is 1. The average molecular weight is 190 g/mol. The molecule has 0 spiro atoms. The number of nitrogens with one attached hydrogen (secondary N) is 1. The Morgan fingerprint density at radius 3 is 2.62 bits per heavy atom. The van der Waals surface area contributed by atoms with E-state index < -0.39 is 5.97 Å². The van der Waals surface area contributed by atoms with Crippen LogP contribution in [-0.2, 0) is 9.59 Å². The molecule has 3 N–H and O–H groups in total. The van der Waals surface area contributed by atoms with Gasteiger partial charge in [-0.25, -0.2) is 0 Å². The van der Waals surface area contributed by atoms with Crippen molar-refractivity contribution in [2.45, 2.75) is 0 Å². The topological polar surface area (TPSA) is 89.9 Å². The van der Waals surface area contributed by atoms with Gasteiger partial charge in [0, 0.05) is 19.6 Å². The first-order chi connectivity index (χ1) is 6.20. The van der Waals surface area contributed by atoms with Crippen molar-refractivity contribution in [2.75, 3.05) is 32.8 Å². The van der Waals surface area contributed by atoms with Crippen LogP contribution in [-0.4, -0.2) is 60.3 Å². The number of carbonyl (C=O) groups excluding carboxylic acids is 1. The number of aliphatic carboxylic acids is 1. The van der Waals surface area contributed by atoms with Crippen LogP contribution < -0.4 is 5.32 Å². The van der Waals surface area contributed by atoms with E-state index >= 15 is 0 Å². The van der Waals surface area contributed by atoms with Crippen LogP contribution >= 0.6 is 0 Å². The van der Waals surface area contributed by atoms with Crippen molar-refractivity contribution < 1.29 is 19.8 Å². The Bertz CT molecular complexity index is 163. The van der Waals surface area contributed by atoms with Crippen LogP contribution in [0.2, 0.25) is 0 Å². The highest BCUT2D eigenvalue weighted by Crippen LogP contribution is 1.85. The highest BCUT2D eigenvalue weighted by Gasteiger charge is 2.07. The summed E-state index contributed by atoms with van der Waals surface area (Å²) in [5, 5.41) is 19.4. The maximum absolute atomic E-state index is 10.3. The number of aliphatic hydroxyl groups excluding tert-OH is 1. The number of amides is 1. The molecule has 0 bridgehead atoms. The van der Waals surface area contributed by atoms with Gasteiger partial charge in [-0.15, -0.1) is 0 Å². The first-order valence-corrected chi connectivity index (χ1v) is 3.92. The lowest BCUT2D eigenvalue weighted by molar-refractivity contribution is -0.138. The maximum Gasteiger partial charge on any atom is 0.317 e. The zero-order chi connectivity index (χ0) is 10.1. The summed E-state index contributed by atoms with van der Waals surface area (Å²) in [6.07, 6.45) is 0.553. The standard InChI is InChI=1S/C7H14N2O4/c10-4-3-9(5-7(12)13)2-1-8-6-11/h6,10H,1-5H2,(H,8,11)(H,12,13). The number of rotatable bonds is 8. The molecule has 6 nitrogen and oxygen atoms in total. The Kier molecular flexibility index (Phi) is 6.85. The molecule has 0 aliphatic heterocycles. The number of aliphatic hydroxyl groups is 1. The number of hydrogen-bond donors (Lipinski definition) is 3. The van der Waals surface area contributed by atoms with E-state index in [4.69, 9.17) is 10.2 Å². The fraction of sp³-hybridized carbons (Fsp3) is 0.714. The Morgan fingerprint density at radius 2 is 2.15 bits per heavy atom. The molecule has 0 aliphatic carbocycles. The number of carboxylic acid groups (broad SMARTS) is 1. The average Bonchev–Trinajstić information content (AvgIpc) is 2.04. The van der Waals surface area contributed by atoms with Gasteiger partial charge in [-0.3, -0.25) is 14.5 Å². The zero-order valence-corrected chi connectivity index (χ0v) is 7.27. The van der Waals surface area contributed by atoms with Gasteiger partial charge in [-0.1, -0.05) is 0 Å². The van der Waals surface area contributed by atoms with Gasteiger partial charge in [-0.2, -0.15) is 0 Å². The molecule has 0 aromatic heterocycles.